The smallest absolute Gasteiger partial charge is 0.271 e. The van der Waals surface area contributed by atoms with Crippen molar-refractivity contribution in [1.82, 2.24) is 14.8 Å². The van der Waals surface area contributed by atoms with Gasteiger partial charge in [-0.05, 0) is 18.9 Å². The number of benzene rings is 1. The third kappa shape index (κ3) is 3.53. The van der Waals surface area contributed by atoms with Gasteiger partial charge in [-0.15, -0.1) is 10.2 Å². The second-order valence-electron chi connectivity index (χ2n) is 5.43. The van der Waals surface area contributed by atoms with Crippen LogP contribution in [0, 0.1) is 15.9 Å². The molecule has 0 radical (unpaired) electrons. The van der Waals surface area contributed by atoms with Gasteiger partial charge in [0.1, 0.15) is 11.6 Å². The van der Waals surface area contributed by atoms with Gasteiger partial charge < -0.3 is 9.88 Å². The van der Waals surface area contributed by atoms with Crippen LogP contribution in [0.4, 0.5) is 15.8 Å². The fourth-order valence-corrected chi connectivity index (χ4v) is 2.91. The summed E-state index contributed by atoms with van der Waals surface area (Å²) in [6, 6.07) is 2.98. The van der Waals surface area contributed by atoms with E-state index in [2.05, 4.69) is 15.5 Å². The highest BCUT2D eigenvalue weighted by atomic mass is 32.2. The molecule has 1 aliphatic carbocycles. The van der Waals surface area contributed by atoms with Crippen LogP contribution < -0.4 is 5.32 Å². The Morgan fingerprint density at radius 2 is 2.25 bits per heavy atom. The molecule has 0 atom stereocenters. The van der Waals surface area contributed by atoms with Gasteiger partial charge in [-0.25, -0.2) is 4.39 Å². The number of anilines is 1. The average Bonchev–Trinajstić information content (AvgIpc) is 3.31. The molecule has 1 fully saturated rings. The lowest BCUT2D eigenvalue weighted by Crippen LogP contribution is -2.15. The normalized spacial score (nSPS) is 13.8. The lowest BCUT2D eigenvalue weighted by atomic mass is 10.2. The molecule has 3 rings (SSSR count). The number of rotatable bonds is 6. The highest BCUT2D eigenvalue weighted by Crippen LogP contribution is 2.39. The van der Waals surface area contributed by atoms with Gasteiger partial charge in [0.15, 0.2) is 5.16 Å². The van der Waals surface area contributed by atoms with Crippen LogP contribution in [0.1, 0.15) is 24.6 Å². The molecular formula is C14H14FN5O3S. The number of non-ortho nitro benzene ring substituents is 1. The fraction of sp³-hybridized carbons (Fsp3) is 0.357. The van der Waals surface area contributed by atoms with E-state index in [9.17, 15) is 19.3 Å². The van der Waals surface area contributed by atoms with E-state index >= 15 is 0 Å². The number of halogens is 1. The first-order chi connectivity index (χ1) is 11.5. The van der Waals surface area contributed by atoms with E-state index in [1.54, 1.807) is 0 Å². The number of nitro groups is 1. The number of nitrogens with zero attached hydrogens (tertiary/aromatic N) is 4. The predicted molar refractivity (Wildman–Crippen MR) is 85.4 cm³/mol. The quantitative estimate of drug-likeness (QED) is 0.487. The number of carbonyl (C=O) groups excluding carboxylic acids is 1. The lowest BCUT2D eigenvalue weighted by Gasteiger charge is -2.06. The third-order valence-electron chi connectivity index (χ3n) is 3.58. The largest absolute Gasteiger partial charge is 0.323 e. The minimum atomic E-state index is -0.728. The molecule has 0 saturated heterocycles. The minimum absolute atomic E-state index is 0.00122. The standard InChI is InChI=1S/C14H14FN5O3S/c1-19-13(8-2-3-8)17-18-14(19)24-7-12(21)16-11-6-9(20(22)23)4-5-10(11)15/h4-6,8H,2-3,7H2,1H3,(H,16,21). The fourth-order valence-electron chi connectivity index (χ4n) is 2.19. The number of hydrogen-bond acceptors (Lipinski definition) is 6. The van der Waals surface area contributed by atoms with Crippen LogP contribution in [-0.4, -0.2) is 31.3 Å². The number of nitrogens with one attached hydrogen (secondary N) is 1. The molecule has 1 aliphatic rings. The van der Waals surface area contributed by atoms with E-state index < -0.39 is 16.6 Å². The van der Waals surface area contributed by atoms with Crippen LogP contribution in [0.15, 0.2) is 23.4 Å². The van der Waals surface area contributed by atoms with Gasteiger partial charge in [0, 0.05) is 25.1 Å². The first kappa shape index (κ1) is 16.4. The summed E-state index contributed by atoms with van der Waals surface area (Å²) >= 11 is 1.18. The topological polar surface area (TPSA) is 103 Å². The molecule has 0 spiro atoms. The van der Waals surface area contributed by atoms with E-state index in [1.807, 2.05) is 11.6 Å². The Labute approximate surface area is 140 Å². The van der Waals surface area contributed by atoms with E-state index in [-0.39, 0.29) is 17.1 Å². The van der Waals surface area contributed by atoms with Crippen molar-refractivity contribution in [3.05, 3.63) is 40.0 Å². The van der Waals surface area contributed by atoms with Gasteiger partial charge in [0.05, 0.1) is 16.4 Å². The maximum absolute atomic E-state index is 13.6. The van der Waals surface area contributed by atoms with Crippen molar-refractivity contribution in [3.63, 3.8) is 0 Å². The molecule has 1 aromatic heterocycles. The molecule has 1 aromatic carbocycles. The van der Waals surface area contributed by atoms with E-state index in [4.69, 9.17) is 0 Å². The zero-order valence-corrected chi connectivity index (χ0v) is 13.5. The van der Waals surface area contributed by atoms with E-state index in [1.165, 1.54) is 11.8 Å². The Hall–Kier alpha value is -2.49. The van der Waals surface area contributed by atoms with Crippen molar-refractivity contribution in [3.8, 4) is 0 Å². The van der Waals surface area contributed by atoms with Crippen LogP contribution in [0.2, 0.25) is 0 Å². The molecule has 10 heteroatoms. The Morgan fingerprint density at radius 3 is 2.92 bits per heavy atom. The van der Waals surface area contributed by atoms with Crippen LogP contribution in [0.5, 0.6) is 0 Å². The van der Waals surface area contributed by atoms with Crippen LogP contribution in [0.3, 0.4) is 0 Å². The summed E-state index contributed by atoms with van der Waals surface area (Å²) in [6.45, 7) is 0. The highest BCUT2D eigenvalue weighted by Gasteiger charge is 2.29. The number of nitro benzene ring substituents is 1. The molecule has 24 heavy (non-hydrogen) atoms. The third-order valence-corrected chi connectivity index (χ3v) is 4.60. The van der Waals surface area contributed by atoms with Crippen molar-refractivity contribution in [2.75, 3.05) is 11.1 Å². The van der Waals surface area contributed by atoms with Gasteiger partial charge in [0.25, 0.3) is 5.69 Å². The molecule has 8 nitrogen and oxygen atoms in total. The molecule has 0 unspecified atom stereocenters. The summed E-state index contributed by atoms with van der Waals surface area (Å²) in [5.74, 6) is 0.148. The highest BCUT2D eigenvalue weighted by molar-refractivity contribution is 7.99. The van der Waals surface area contributed by atoms with Crippen molar-refractivity contribution in [2.24, 2.45) is 7.05 Å². The summed E-state index contributed by atoms with van der Waals surface area (Å²) in [4.78, 5) is 22.0. The van der Waals surface area contributed by atoms with Gasteiger partial charge in [-0.2, -0.15) is 0 Å². The number of aromatic nitrogens is 3. The summed E-state index contributed by atoms with van der Waals surface area (Å²) in [5.41, 5.74) is -0.506. The second-order valence-corrected chi connectivity index (χ2v) is 6.37. The summed E-state index contributed by atoms with van der Waals surface area (Å²) in [6.07, 6.45) is 2.20. The molecule has 126 valence electrons. The maximum Gasteiger partial charge on any atom is 0.271 e. The van der Waals surface area contributed by atoms with Crippen molar-refractivity contribution in [1.29, 1.82) is 0 Å². The van der Waals surface area contributed by atoms with E-state index in [0.29, 0.717) is 11.1 Å². The molecule has 1 amide bonds. The van der Waals surface area contributed by atoms with Gasteiger partial charge in [-0.1, -0.05) is 11.8 Å². The molecule has 0 bridgehead atoms. The molecule has 0 aliphatic heterocycles. The lowest BCUT2D eigenvalue weighted by molar-refractivity contribution is -0.384. The molecular weight excluding hydrogens is 337 g/mol. The van der Waals surface area contributed by atoms with Crippen molar-refractivity contribution >= 4 is 29.0 Å². The summed E-state index contributed by atoms with van der Waals surface area (Å²) in [5, 5.41) is 21.8. The van der Waals surface area contributed by atoms with Crippen LogP contribution in [0.25, 0.3) is 0 Å². The average molecular weight is 351 g/mol. The maximum atomic E-state index is 13.6. The zero-order chi connectivity index (χ0) is 17.3. The van der Waals surface area contributed by atoms with Gasteiger partial charge in [0.2, 0.25) is 5.91 Å². The number of amides is 1. The van der Waals surface area contributed by atoms with E-state index in [0.717, 1.165) is 36.9 Å². The Balaban J connectivity index is 1.62. The Morgan fingerprint density at radius 1 is 1.50 bits per heavy atom. The SMILES string of the molecule is Cn1c(SCC(=O)Nc2cc([N+](=O)[O-])ccc2F)nnc1C1CC1. The molecule has 2 aromatic rings. The molecule has 1 saturated carbocycles. The second kappa shape index (κ2) is 6.56. The van der Waals surface area contributed by atoms with Crippen LogP contribution >= 0.6 is 11.8 Å². The van der Waals surface area contributed by atoms with Crippen molar-refractivity contribution < 1.29 is 14.1 Å². The number of hydrogen-bond donors (Lipinski definition) is 1. The minimum Gasteiger partial charge on any atom is -0.323 e. The van der Waals surface area contributed by atoms with Gasteiger partial charge >= 0.3 is 0 Å². The summed E-state index contributed by atoms with van der Waals surface area (Å²) in [7, 11) is 1.84. The Bertz CT molecular complexity index is 806. The molecule has 1 N–H and O–H groups in total. The van der Waals surface area contributed by atoms with Gasteiger partial charge in [-0.3, -0.25) is 14.9 Å². The zero-order valence-electron chi connectivity index (χ0n) is 12.7. The predicted octanol–water partition coefficient (Wildman–Crippen LogP) is 2.47. The first-order valence-electron chi connectivity index (χ1n) is 7.21. The number of thioether (sulfide) groups is 1. The Kier molecular flexibility index (Phi) is 4.47. The first-order valence-corrected chi connectivity index (χ1v) is 8.20. The molecule has 1 heterocycles. The summed E-state index contributed by atoms with van der Waals surface area (Å²) < 4.78 is 15.5. The van der Waals surface area contributed by atoms with Crippen LogP contribution in [-0.2, 0) is 11.8 Å². The number of carbonyl (C=O) groups is 1. The van der Waals surface area contributed by atoms with Crippen molar-refractivity contribution in [2.45, 2.75) is 23.9 Å². The monoisotopic (exact) mass is 351 g/mol.